The summed E-state index contributed by atoms with van der Waals surface area (Å²) in [5.74, 6) is -1.09. The van der Waals surface area contributed by atoms with E-state index < -0.39 is 17.8 Å². The van der Waals surface area contributed by atoms with Crippen LogP contribution in [0, 0.1) is 17.2 Å². The zero-order valence-electron chi connectivity index (χ0n) is 14.8. The molecule has 5 N–H and O–H groups in total. The third-order valence-corrected chi connectivity index (χ3v) is 4.19. The van der Waals surface area contributed by atoms with E-state index in [-0.39, 0.29) is 34.3 Å². The number of urea groups is 1. The van der Waals surface area contributed by atoms with Crippen molar-refractivity contribution < 1.29 is 13.6 Å². The van der Waals surface area contributed by atoms with Crippen LogP contribution in [0.4, 0.5) is 25.1 Å². The first-order valence-corrected chi connectivity index (χ1v) is 8.66. The lowest BCUT2D eigenvalue weighted by molar-refractivity contribution is 0.251. The SMILES string of the molecule is N=C(c1ccnc(F)c1)c1cnc(NC(=O)NCc2ccc(F)c(Cl)c2)cc1N. The fourth-order valence-electron chi connectivity index (χ4n) is 2.45. The largest absolute Gasteiger partial charge is 0.398 e. The average molecular weight is 417 g/mol. The van der Waals surface area contributed by atoms with Crippen molar-refractivity contribution in [3.05, 3.63) is 82.3 Å². The summed E-state index contributed by atoms with van der Waals surface area (Å²) in [6.45, 7) is 0.123. The molecule has 0 bridgehead atoms. The summed E-state index contributed by atoms with van der Waals surface area (Å²) in [7, 11) is 0. The van der Waals surface area contributed by atoms with Crippen molar-refractivity contribution in [3.8, 4) is 0 Å². The molecule has 0 saturated carbocycles. The highest BCUT2D eigenvalue weighted by Gasteiger charge is 2.12. The molecule has 10 heteroatoms. The molecule has 148 valence electrons. The van der Waals surface area contributed by atoms with E-state index in [9.17, 15) is 13.6 Å². The van der Waals surface area contributed by atoms with E-state index in [2.05, 4.69) is 20.6 Å². The molecule has 29 heavy (non-hydrogen) atoms. The molecule has 0 unspecified atom stereocenters. The maximum absolute atomic E-state index is 13.3. The second kappa shape index (κ2) is 8.61. The third-order valence-electron chi connectivity index (χ3n) is 3.90. The van der Waals surface area contributed by atoms with Crippen LogP contribution in [0.2, 0.25) is 5.02 Å². The van der Waals surface area contributed by atoms with Gasteiger partial charge >= 0.3 is 6.03 Å². The van der Waals surface area contributed by atoms with Gasteiger partial charge in [-0.1, -0.05) is 17.7 Å². The van der Waals surface area contributed by atoms with Crippen LogP contribution in [-0.4, -0.2) is 21.7 Å². The van der Waals surface area contributed by atoms with Crippen LogP contribution >= 0.6 is 11.6 Å². The Bertz CT molecular complexity index is 1090. The van der Waals surface area contributed by atoms with Gasteiger partial charge in [0.15, 0.2) is 0 Å². The number of carbonyl (C=O) groups excluding carboxylic acids is 1. The second-order valence-electron chi connectivity index (χ2n) is 5.96. The molecule has 0 radical (unpaired) electrons. The number of nitrogens with two attached hydrogens (primary N) is 1. The number of nitrogens with zero attached hydrogens (tertiary/aromatic N) is 2. The Labute approximate surface area is 169 Å². The predicted molar refractivity (Wildman–Crippen MR) is 106 cm³/mol. The molecular formula is C19H15ClF2N6O. The average Bonchev–Trinajstić information content (AvgIpc) is 2.68. The topological polar surface area (TPSA) is 117 Å². The summed E-state index contributed by atoms with van der Waals surface area (Å²) < 4.78 is 26.4. The standard InChI is InChI=1S/C19H15ClF2N6O/c20-13-5-10(1-2-14(13)21)8-27-19(29)28-17-7-15(23)12(9-26-17)18(24)11-3-4-25-16(22)6-11/h1-7,9,24H,8H2,(H4,23,26,27,28,29). The van der Waals surface area contributed by atoms with Crippen molar-refractivity contribution in [1.29, 1.82) is 5.41 Å². The van der Waals surface area contributed by atoms with Gasteiger partial charge in [0.1, 0.15) is 11.6 Å². The second-order valence-corrected chi connectivity index (χ2v) is 6.36. The summed E-state index contributed by atoms with van der Waals surface area (Å²) in [6.07, 6.45) is 2.56. The molecule has 3 rings (SSSR count). The zero-order valence-corrected chi connectivity index (χ0v) is 15.6. The molecule has 7 nitrogen and oxygen atoms in total. The smallest absolute Gasteiger partial charge is 0.320 e. The van der Waals surface area contributed by atoms with Crippen LogP contribution < -0.4 is 16.4 Å². The Kier molecular flexibility index (Phi) is 5.99. The summed E-state index contributed by atoms with van der Waals surface area (Å²) in [5.41, 5.74) is 7.30. The van der Waals surface area contributed by atoms with E-state index in [0.29, 0.717) is 11.1 Å². The highest BCUT2D eigenvalue weighted by molar-refractivity contribution is 6.30. The lowest BCUT2D eigenvalue weighted by atomic mass is 10.0. The van der Waals surface area contributed by atoms with Crippen molar-refractivity contribution in [1.82, 2.24) is 15.3 Å². The van der Waals surface area contributed by atoms with Crippen LogP contribution in [0.5, 0.6) is 0 Å². The maximum Gasteiger partial charge on any atom is 0.320 e. The van der Waals surface area contributed by atoms with Gasteiger partial charge in [0, 0.05) is 47.9 Å². The van der Waals surface area contributed by atoms with E-state index in [4.69, 9.17) is 22.7 Å². The van der Waals surface area contributed by atoms with Gasteiger partial charge in [-0.25, -0.2) is 19.2 Å². The summed E-state index contributed by atoms with van der Waals surface area (Å²) in [6, 6.07) is 7.54. The minimum Gasteiger partial charge on any atom is -0.398 e. The molecule has 0 spiro atoms. The number of aromatic nitrogens is 2. The molecule has 3 aromatic rings. The number of halogens is 3. The molecule has 2 aromatic heterocycles. The van der Waals surface area contributed by atoms with E-state index in [0.717, 1.165) is 6.07 Å². The van der Waals surface area contributed by atoms with Gasteiger partial charge in [-0.05, 0) is 23.8 Å². The lowest BCUT2D eigenvalue weighted by Crippen LogP contribution is -2.28. The Hall–Kier alpha value is -3.59. The van der Waals surface area contributed by atoms with Gasteiger partial charge in [-0.2, -0.15) is 4.39 Å². The number of pyridine rings is 2. The minimum absolute atomic E-state index is 0.0273. The number of nitrogen functional groups attached to an aromatic ring is 1. The number of hydrogen-bond donors (Lipinski definition) is 4. The Balaban J connectivity index is 1.64. The molecule has 2 amide bonds. The zero-order chi connectivity index (χ0) is 21.0. The number of amides is 2. The number of anilines is 2. The normalized spacial score (nSPS) is 10.4. The number of hydrogen-bond acceptors (Lipinski definition) is 5. The van der Waals surface area contributed by atoms with Gasteiger partial charge in [0.25, 0.3) is 0 Å². The van der Waals surface area contributed by atoms with Crippen molar-refractivity contribution in [2.45, 2.75) is 6.54 Å². The van der Waals surface area contributed by atoms with Gasteiger partial charge < -0.3 is 11.1 Å². The van der Waals surface area contributed by atoms with Gasteiger partial charge in [-0.15, -0.1) is 0 Å². The Morgan fingerprint density at radius 1 is 1.17 bits per heavy atom. The molecule has 0 aliphatic heterocycles. The fraction of sp³-hybridized carbons (Fsp3) is 0.0526. The summed E-state index contributed by atoms with van der Waals surface area (Å²) in [4.78, 5) is 19.5. The maximum atomic E-state index is 13.3. The van der Waals surface area contributed by atoms with Crippen LogP contribution in [0.15, 0.2) is 48.8 Å². The highest BCUT2D eigenvalue weighted by atomic mass is 35.5. The number of rotatable bonds is 5. The Morgan fingerprint density at radius 3 is 2.66 bits per heavy atom. The molecule has 0 atom stereocenters. The number of nitrogens with one attached hydrogen (secondary N) is 3. The number of benzene rings is 1. The first kappa shape index (κ1) is 20.2. The predicted octanol–water partition coefficient (Wildman–Crippen LogP) is 3.73. The van der Waals surface area contributed by atoms with Crippen LogP contribution in [0.1, 0.15) is 16.7 Å². The van der Waals surface area contributed by atoms with Crippen molar-refractivity contribution in [2.24, 2.45) is 0 Å². The van der Waals surface area contributed by atoms with Crippen LogP contribution in [0.25, 0.3) is 0 Å². The first-order chi connectivity index (χ1) is 13.8. The van der Waals surface area contributed by atoms with E-state index >= 15 is 0 Å². The van der Waals surface area contributed by atoms with Crippen molar-refractivity contribution in [3.63, 3.8) is 0 Å². The molecule has 0 aliphatic rings. The molecule has 0 fully saturated rings. The monoisotopic (exact) mass is 416 g/mol. The first-order valence-electron chi connectivity index (χ1n) is 8.28. The lowest BCUT2D eigenvalue weighted by Gasteiger charge is -2.11. The molecule has 1 aromatic carbocycles. The van der Waals surface area contributed by atoms with Gasteiger partial charge in [-0.3, -0.25) is 10.7 Å². The van der Waals surface area contributed by atoms with Crippen LogP contribution in [0.3, 0.4) is 0 Å². The minimum atomic E-state index is -0.712. The van der Waals surface area contributed by atoms with Gasteiger partial charge in [0.2, 0.25) is 5.95 Å². The summed E-state index contributed by atoms with van der Waals surface area (Å²) >= 11 is 5.70. The van der Waals surface area contributed by atoms with E-state index in [1.807, 2.05) is 0 Å². The fourth-order valence-corrected chi connectivity index (χ4v) is 2.66. The van der Waals surface area contributed by atoms with E-state index in [1.165, 1.54) is 42.7 Å². The third kappa shape index (κ3) is 5.02. The van der Waals surface area contributed by atoms with E-state index in [1.54, 1.807) is 0 Å². The number of carbonyl (C=O) groups is 1. The Morgan fingerprint density at radius 2 is 1.97 bits per heavy atom. The highest BCUT2D eigenvalue weighted by Crippen LogP contribution is 2.19. The summed E-state index contributed by atoms with van der Waals surface area (Å²) in [5, 5.41) is 13.2. The molecular weight excluding hydrogens is 402 g/mol. The van der Waals surface area contributed by atoms with Gasteiger partial charge in [0.05, 0.1) is 10.7 Å². The molecule has 0 aliphatic carbocycles. The molecule has 0 saturated heterocycles. The quantitative estimate of drug-likeness (QED) is 0.374. The van der Waals surface area contributed by atoms with Crippen LogP contribution in [-0.2, 0) is 6.54 Å². The molecule has 2 heterocycles. The van der Waals surface area contributed by atoms with Crippen molar-refractivity contribution >= 4 is 34.8 Å². The van der Waals surface area contributed by atoms with Crippen molar-refractivity contribution in [2.75, 3.05) is 11.1 Å².